The summed E-state index contributed by atoms with van der Waals surface area (Å²) in [6.07, 6.45) is 0. The van der Waals surface area contributed by atoms with Gasteiger partial charge in [0.1, 0.15) is 0 Å². The van der Waals surface area contributed by atoms with Gasteiger partial charge in [-0.05, 0) is 43.7 Å². The highest BCUT2D eigenvalue weighted by Crippen LogP contribution is 2.32. The third-order valence-corrected chi connectivity index (χ3v) is 4.86. The van der Waals surface area contributed by atoms with Crippen molar-refractivity contribution in [1.29, 1.82) is 0 Å². The van der Waals surface area contributed by atoms with Crippen molar-refractivity contribution in [3.63, 3.8) is 0 Å². The van der Waals surface area contributed by atoms with E-state index in [0.717, 1.165) is 16.7 Å². The Morgan fingerprint density at radius 3 is 2.62 bits per heavy atom. The van der Waals surface area contributed by atoms with Crippen molar-refractivity contribution in [2.75, 3.05) is 5.32 Å². The molecule has 1 aromatic heterocycles. The van der Waals surface area contributed by atoms with Gasteiger partial charge in [-0.1, -0.05) is 40.9 Å². The second kappa shape index (κ2) is 6.93. The third-order valence-electron chi connectivity index (χ3n) is 3.56. The van der Waals surface area contributed by atoms with Gasteiger partial charge in [0.25, 0.3) is 5.91 Å². The van der Waals surface area contributed by atoms with E-state index in [-0.39, 0.29) is 5.91 Å². The zero-order valence-corrected chi connectivity index (χ0v) is 15.4. The number of nitrogens with zero attached hydrogens (tertiary/aromatic N) is 1. The number of anilines is 1. The molecule has 0 aliphatic carbocycles. The van der Waals surface area contributed by atoms with Crippen LogP contribution in [0.2, 0.25) is 10.0 Å². The third kappa shape index (κ3) is 3.61. The first-order valence-electron chi connectivity index (χ1n) is 7.23. The highest BCUT2D eigenvalue weighted by molar-refractivity contribution is 7.14. The molecule has 1 N–H and O–H groups in total. The minimum absolute atomic E-state index is 0.171. The molecule has 0 unspecified atom stereocenters. The van der Waals surface area contributed by atoms with Crippen LogP contribution in [0.4, 0.5) is 5.13 Å². The molecule has 1 heterocycles. The number of aromatic nitrogens is 1. The fraction of sp³-hybridized carbons (Fsp3) is 0.111. The molecule has 0 fully saturated rings. The van der Waals surface area contributed by atoms with Gasteiger partial charge in [0.05, 0.1) is 10.7 Å². The largest absolute Gasteiger partial charge is 0.298 e. The lowest BCUT2D eigenvalue weighted by molar-refractivity contribution is 0.102. The molecule has 0 saturated heterocycles. The molecule has 2 aromatic carbocycles. The molecule has 0 radical (unpaired) electrons. The van der Waals surface area contributed by atoms with Crippen LogP contribution >= 0.6 is 34.5 Å². The Hall–Kier alpha value is -1.88. The topological polar surface area (TPSA) is 42.0 Å². The first-order valence-corrected chi connectivity index (χ1v) is 8.87. The molecule has 0 saturated carbocycles. The van der Waals surface area contributed by atoms with E-state index in [9.17, 15) is 4.79 Å². The quantitative estimate of drug-likeness (QED) is 0.610. The van der Waals surface area contributed by atoms with Gasteiger partial charge < -0.3 is 0 Å². The molecular weight excluding hydrogens is 363 g/mol. The van der Waals surface area contributed by atoms with Gasteiger partial charge in [0.2, 0.25) is 0 Å². The number of nitrogens with one attached hydrogen (secondary N) is 1. The van der Waals surface area contributed by atoms with Crippen molar-refractivity contribution in [3.05, 3.63) is 68.5 Å². The number of hydrogen-bond donors (Lipinski definition) is 1. The Morgan fingerprint density at radius 1 is 1.12 bits per heavy atom. The first kappa shape index (κ1) is 17.0. The molecule has 6 heteroatoms. The van der Waals surface area contributed by atoms with Crippen molar-refractivity contribution < 1.29 is 4.79 Å². The van der Waals surface area contributed by atoms with Gasteiger partial charge in [-0.2, -0.15) is 0 Å². The molecule has 0 atom stereocenters. The van der Waals surface area contributed by atoms with E-state index < -0.39 is 0 Å². The lowest BCUT2D eigenvalue weighted by Gasteiger charge is -2.06. The van der Waals surface area contributed by atoms with Crippen LogP contribution < -0.4 is 5.32 Å². The Kier molecular flexibility index (Phi) is 4.90. The van der Waals surface area contributed by atoms with E-state index in [1.165, 1.54) is 11.3 Å². The smallest absolute Gasteiger partial charge is 0.257 e. The normalized spacial score (nSPS) is 10.7. The van der Waals surface area contributed by atoms with E-state index in [1.54, 1.807) is 12.1 Å². The van der Waals surface area contributed by atoms with E-state index in [2.05, 4.69) is 10.3 Å². The van der Waals surface area contributed by atoms with Crippen molar-refractivity contribution in [2.45, 2.75) is 13.8 Å². The van der Waals surface area contributed by atoms with Gasteiger partial charge in [-0.3, -0.25) is 10.1 Å². The monoisotopic (exact) mass is 376 g/mol. The molecule has 24 heavy (non-hydrogen) atoms. The van der Waals surface area contributed by atoms with E-state index >= 15 is 0 Å². The van der Waals surface area contributed by atoms with Gasteiger partial charge in [-0.15, -0.1) is 11.3 Å². The molecule has 0 aliphatic heterocycles. The molecule has 3 rings (SSSR count). The minimum Gasteiger partial charge on any atom is -0.298 e. The number of carbonyl (C=O) groups is 1. The van der Waals surface area contributed by atoms with Crippen molar-refractivity contribution in [2.24, 2.45) is 0 Å². The molecular formula is C18H14Cl2N2OS. The Morgan fingerprint density at radius 2 is 1.92 bits per heavy atom. The summed E-state index contributed by atoms with van der Waals surface area (Å²) < 4.78 is 0. The summed E-state index contributed by atoms with van der Waals surface area (Å²) >= 11 is 13.5. The number of hydrogen-bond acceptors (Lipinski definition) is 3. The zero-order chi connectivity index (χ0) is 17.3. The Labute approximate surface area is 154 Å². The van der Waals surface area contributed by atoms with E-state index in [1.807, 2.05) is 43.5 Å². The molecule has 3 nitrogen and oxygen atoms in total. The first-order chi connectivity index (χ1) is 11.4. The molecule has 0 aliphatic rings. The molecule has 122 valence electrons. The molecule has 0 spiro atoms. The van der Waals surface area contributed by atoms with E-state index in [0.29, 0.717) is 26.4 Å². The SMILES string of the molecule is Cc1ccc(C(=O)Nc2nc(-c3ccc(Cl)cc3Cl)cs2)c(C)c1. The number of halogens is 2. The average molecular weight is 377 g/mol. The summed E-state index contributed by atoms with van der Waals surface area (Å²) in [6, 6.07) is 11.0. The minimum atomic E-state index is -0.171. The number of benzene rings is 2. The average Bonchev–Trinajstić information content (AvgIpc) is 2.95. The zero-order valence-electron chi connectivity index (χ0n) is 13.1. The lowest BCUT2D eigenvalue weighted by Crippen LogP contribution is -2.13. The fourth-order valence-electron chi connectivity index (χ4n) is 2.38. The summed E-state index contributed by atoms with van der Waals surface area (Å²) in [4.78, 5) is 16.9. The number of aryl methyl sites for hydroxylation is 2. The summed E-state index contributed by atoms with van der Waals surface area (Å²) in [5.41, 5.74) is 4.19. The van der Waals surface area contributed by atoms with Gasteiger partial charge in [0, 0.05) is 21.5 Å². The van der Waals surface area contributed by atoms with Gasteiger partial charge in [-0.25, -0.2) is 4.98 Å². The van der Waals surface area contributed by atoms with Crippen LogP contribution in [0, 0.1) is 13.8 Å². The summed E-state index contributed by atoms with van der Waals surface area (Å²) in [5.74, 6) is -0.171. The predicted octanol–water partition coefficient (Wildman–Crippen LogP) is 5.99. The van der Waals surface area contributed by atoms with Gasteiger partial charge >= 0.3 is 0 Å². The molecule has 1 amide bonds. The maximum Gasteiger partial charge on any atom is 0.257 e. The van der Waals surface area contributed by atoms with Crippen LogP contribution in [0.1, 0.15) is 21.5 Å². The number of rotatable bonds is 3. The Balaban J connectivity index is 1.82. The highest BCUT2D eigenvalue weighted by atomic mass is 35.5. The second-order valence-corrected chi connectivity index (χ2v) is 7.14. The second-order valence-electron chi connectivity index (χ2n) is 5.43. The van der Waals surface area contributed by atoms with Crippen LogP contribution in [0.3, 0.4) is 0 Å². The summed E-state index contributed by atoms with van der Waals surface area (Å²) in [5, 5.41) is 6.32. The fourth-order valence-corrected chi connectivity index (χ4v) is 3.60. The van der Waals surface area contributed by atoms with Crippen molar-refractivity contribution in [1.82, 2.24) is 4.98 Å². The summed E-state index contributed by atoms with van der Waals surface area (Å²) in [6.45, 7) is 3.92. The highest BCUT2D eigenvalue weighted by Gasteiger charge is 2.13. The van der Waals surface area contributed by atoms with E-state index in [4.69, 9.17) is 23.2 Å². The number of thiazole rings is 1. The van der Waals surface area contributed by atoms with Crippen LogP contribution in [0.5, 0.6) is 0 Å². The number of carbonyl (C=O) groups excluding carboxylic acids is 1. The van der Waals surface area contributed by atoms with Crippen molar-refractivity contribution >= 4 is 45.6 Å². The van der Waals surface area contributed by atoms with Crippen LogP contribution in [-0.4, -0.2) is 10.9 Å². The summed E-state index contributed by atoms with van der Waals surface area (Å²) in [7, 11) is 0. The van der Waals surface area contributed by atoms with Crippen LogP contribution in [0.25, 0.3) is 11.3 Å². The maximum atomic E-state index is 12.4. The standard InChI is InChI=1S/C18H14Cl2N2OS/c1-10-3-5-13(11(2)7-10)17(23)22-18-21-16(9-24-18)14-6-4-12(19)8-15(14)20/h3-9H,1-2H3,(H,21,22,23). The number of amides is 1. The predicted molar refractivity (Wildman–Crippen MR) is 101 cm³/mol. The Bertz CT molecular complexity index is 921. The van der Waals surface area contributed by atoms with Crippen LogP contribution in [-0.2, 0) is 0 Å². The van der Waals surface area contributed by atoms with Gasteiger partial charge in [0.15, 0.2) is 5.13 Å². The van der Waals surface area contributed by atoms with Crippen LogP contribution in [0.15, 0.2) is 41.8 Å². The maximum absolute atomic E-state index is 12.4. The molecule has 0 bridgehead atoms. The van der Waals surface area contributed by atoms with Crippen molar-refractivity contribution in [3.8, 4) is 11.3 Å². The lowest BCUT2D eigenvalue weighted by atomic mass is 10.1. The molecule has 3 aromatic rings.